The maximum atomic E-state index is 14.4. The molecular weight excluding hydrogens is 497 g/mol. The second-order valence-electron chi connectivity index (χ2n) is 11.2. The fourth-order valence-electron chi connectivity index (χ4n) is 6.40. The van der Waals surface area contributed by atoms with Crippen molar-refractivity contribution in [3.63, 3.8) is 0 Å². The van der Waals surface area contributed by atoms with E-state index in [4.69, 9.17) is 0 Å². The van der Waals surface area contributed by atoms with Crippen LogP contribution in [0.5, 0.6) is 0 Å². The minimum absolute atomic E-state index is 0.122. The van der Waals surface area contributed by atoms with E-state index in [1.807, 2.05) is 13.8 Å². The van der Waals surface area contributed by atoms with E-state index >= 15 is 0 Å². The van der Waals surface area contributed by atoms with Crippen molar-refractivity contribution in [2.24, 2.45) is 5.41 Å². The lowest BCUT2D eigenvalue weighted by Gasteiger charge is -2.42. The Kier molecular flexibility index (Phi) is 8.40. The summed E-state index contributed by atoms with van der Waals surface area (Å²) in [4.78, 5) is 42.5. The Balaban J connectivity index is 1.79. The van der Waals surface area contributed by atoms with Gasteiger partial charge in [0.2, 0.25) is 11.8 Å². The number of piperidine rings is 1. The van der Waals surface area contributed by atoms with Gasteiger partial charge in [-0.05, 0) is 70.2 Å². The highest BCUT2D eigenvalue weighted by Crippen LogP contribution is 2.49. The summed E-state index contributed by atoms with van der Waals surface area (Å²) in [6.07, 6.45) is 0.310. The number of rotatable bonds is 7. The van der Waals surface area contributed by atoms with Crippen molar-refractivity contribution in [3.8, 4) is 0 Å². The predicted octanol–water partition coefficient (Wildman–Crippen LogP) is 4.28. The third kappa shape index (κ3) is 5.55. The van der Waals surface area contributed by atoms with Gasteiger partial charge in [-0.25, -0.2) is 0 Å². The predicted molar refractivity (Wildman–Crippen MR) is 139 cm³/mol. The van der Waals surface area contributed by atoms with Crippen LogP contribution >= 0.6 is 0 Å². The van der Waals surface area contributed by atoms with Crippen LogP contribution in [-0.2, 0) is 22.2 Å². The molecule has 2 fully saturated rings. The lowest BCUT2D eigenvalue weighted by molar-refractivity contribution is -0.138. The maximum absolute atomic E-state index is 14.4. The van der Waals surface area contributed by atoms with Crippen LogP contribution in [0.1, 0.15) is 87.2 Å². The number of fused-ring (bicyclic) bond motifs is 1. The number of nitrogens with zero attached hydrogens (tertiary/aromatic N) is 2. The lowest BCUT2D eigenvalue weighted by Crippen LogP contribution is -2.52. The van der Waals surface area contributed by atoms with Gasteiger partial charge in [-0.15, -0.1) is 0 Å². The fraction of sp³-hybridized carbons (Fsp3) is 0.679. The van der Waals surface area contributed by atoms with Crippen molar-refractivity contribution in [2.45, 2.75) is 90.4 Å². The van der Waals surface area contributed by atoms with Crippen molar-refractivity contribution in [1.29, 1.82) is 0 Å². The monoisotopic (exact) mass is 536 g/mol. The first-order valence-electron chi connectivity index (χ1n) is 13.8. The first-order chi connectivity index (χ1) is 18.0. The summed E-state index contributed by atoms with van der Waals surface area (Å²) in [5.41, 5.74) is -1.31. The molecule has 4 rings (SSSR count). The Morgan fingerprint density at radius 2 is 1.92 bits per heavy atom. The molecule has 2 aliphatic heterocycles. The van der Waals surface area contributed by atoms with Gasteiger partial charge >= 0.3 is 6.18 Å². The van der Waals surface area contributed by atoms with Gasteiger partial charge in [0, 0.05) is 43.8 Å². The number of carbonyl (C=O) groups is 3. The summed E-state index contributed by atoms with van der Waals surface area (Å²) in [5, 5.41) is 6.01. The summed E-state index contributed by atoms with van der Waals surface area (Å²) < 4.78 is 43.3. The quantitative estimate of drug-likeness (QED) is 0.545. The lowest BCUT2D eigenvalue weighted by atomic mass is 9.74. The highest BCUT2D eigenvalue weighted by atomic mass is 19.4. The number of benzene rings is 1. The van der Waals surface area contributed by atoms with Gasteiger partial charge < -0.3 is 20.4 Å². The molecule has 1 aliphatic carbocycles. The summed E-state index contributed by atoms with van der Waals surface area (Å²) >= 11 is 0. The SMILES string of the molecule is CCC(=O)NCCN1C(=O)C2(CCCC2)Cc2cc(C(F)(F)F)c(C(=O)N(C(C)C)[C@@H]3CCCNC3)cc21. The second-order valence-corrected chi connectivity index (χ2v) is 11.2. The number of amides is 3. The standard InChI is InChI=1S/C28H39F3N4O3/c1-4-24(36)33-12-13-34-23-15-21(25(37)35(18(2)3)20-8-7-11-32-17-20)22(28(29,30)31)14-19(23)16-27(26(34)38)9-5-6-10-27/h14-15,18,20,32H,4-13,16-17H2,1-3H3,(H,33,36)/t20-/m1/s1. The summed E-state index contributed by atoms with van der Waals surface area (Å²) in [5.74, 6) is -0.956. The molecule has 10 heteroatoms. The second kappa shape index (κ2) is 11.2. The first-order valence-corrected chi connectivity index (χ1v) is 13.8. The largest absolute Gasteiger partial charge is 0.417 e. The van der Waals surface area contributed by atoms with E-state index in [0.29, 0.717) is 43.5 Å². The molecule has 1 aromatic rings. The van der Waals surface area contributed by atoms with Gasteiger partial charge in [0.05, 0.1) is 16.5 Å². The third-order valence-electron chi connectivity index (χ3n) is 8.27. The van der Waals surface area contributed by atoms with E-state index in [0.717, 1.165) is 31.9 Å². The molecule has 0 aromatic heterocycles. The van der Waals surface area contributed by atoms with Crippen LogP contribution in [0.3, 0.4) is 0 Å². The number of hydrogen-bond donors (Lipinski definition) is 2. The normalized spacial score (nSPS) is 21.1. The molecule has 7 nitrogen and oxygen atoms in total. The molecule has 0 unspecified atom stereocenters. The highest BCUT2D eigenvalue weighted by Gasteiger charge is 2.49. The summed E-state index contributed by atoms with van der Waals surface area (Å²) in [6.45, 7) is 7.02. The van der Waals surface area contributed by atoms with E-state index in [1.165, 1.54) is 11.0 Å². The molecule has 1 saturated carbocycles. The number of nitrogens with one attached hydrogen (secondary N) is 2. The zero-order valence-corrected chi connectivity index (χ0v) is 22.5. The molecule has 3 amide bonds. The van der Waals surface area contributed by atoms with Crippen LogP contribution in [0.4, 0.5) is 18.9 Å². The summed E-state index contributed by atoms with van der Waals surface area (Å²) in [6, 6.07) is 1.88. The molecule has 210 valence electrons. The third-order valence-corrected chi connectivity index (χ3v) is 8.27. The molecule has 1 aromatic carbocycles. The van der Waals surface area contributed by atoms with Gasteiger partial charge in [-0.3, -0.25) is 14.4 Å². The van der Waals surface area contributed by atoms with Gasteiger partial charge in [0.15, 0.2) is 0 Å². The van der Waals surface area contributed by atoms with Gasteiger partial charge in [-0.2, -0.15) is 13.2 Å². The Morgan fingerprint density at radius 1 is 1.21 bits per heavy atom. The molecule has 2 N–H and O–H groups in total. The van der Waals surface area contributed by atoms with Crippen molar-refractivity contribution < 1.29 is 27.6 Å². The van der Waals surface area contributed by atoms with Crippen molar-refractivity contribution >= 4 is 23.4 Å². The summed E-state index contributed by atoms with van der Waals surface area (Å²) in [7, 11) is 0. The number of carbonyl (C=O) groups excluding carboxylic acids is 3. The Labute approximate surface area is 222 Å². The Morgan fingerprint density at radius 3 is 2.50 bits per heavy atom. The molecule has 1 spiro atoms. The molecule has 3 aliphatic rings. The molecule has 1 saturated heterocycles. The number of halogens is 3. The minimum Gasteiger partial charge on any atom is -0.354 e. The maximum Gasteiger partial charge on any atom is 0.417 e. The minimum atomic E-state index is -4.72. The van der Waals surface area contributed by atoms with E-state index < -0.39 is 28.6 Å². The average Bonchev–Trinajstić information content (AvgIpc) is 3.34. The van der Waals surface area contributed by atoms with Crippen LogP contribution in [0.25, 0.3) is 0 Å². The first kappa shape index (κ1) is 28.4. The molecule has 1 atom stereocenters. The van der Waals surface area contributed by atoms with E-state index in [-0.39, 0.29) is 43.4 Å². The Hall–Kier alpha value is -2.62. The van der Waals surface area contributed by atoms with Crippen LogP contribution in [0, 0.1) is 5.41 Å². The van der Waals surface area contributed by atoms with E-state index in [2.05, 4.69) is 10.6 Å². The molecule has 38 heavy (non-hydrogen) atoms. The molecular formula is C28H39F3N4O3. The number of anilines is 1. The number of hydrogen-bond acceptors (Lipinski definition) is 4. The molecule has 0 bridgehead atoms. The van der Waals surface area contributed by atoms with Crippen LogP contribution in [0.15, 0.2) is 12.1 Å². The number of alkyl halides is 3. The van der Waals surface area contributed by atoms with Crippen molar-refractivity contribution in [1.82, 2.24) is 15.5 Å². The highest BCUT2D eigenvalue weighted by molar-refractivity contribution is 6.04. The fourth-order valence-corrected chi connectivity index (χ4v) is 6.40. The zero-order valence-electron chi connectivity index (χ0n) is 22.5. The van der Waals surface area contributed by atoms with E-state index in [9.17, 15) is 27.6 Å². The van der Waals surface area contributed by atoms with Gasteiger partial charge in [0.25, 0.3) is 5.91 Å². The van der Waals surface area contributed by atoms with Gasteiger partial charge in [-0.1, -0.05) is 19.8 Å². The van der Waals surface area contributed by atoms with Crippen molar-refractivity contribution in [3.05, 3.63) is 28.8 Å². The molecule has 2 heterocycles. The topological polar surface area (TPSA) is 81.8 Å². The van der Waals surface area contributed by atoms with E-state index in [1.54, 1.807) is 11.8 Å². The zero-order chi connectivity index (χ0) is 27.7. The molecule has 0 radical (unpaired) electrons. The van der Waals surface area contributed by atoms with Crippen LogP contribution < -0.4 is 15.5 Å². The van der Waals surface area contributed by atoms with Gasteiger partial charge in [0.1, 0.15) is 0 Å². The smallest absolute Gasteiger partial charge is 0.354 e. The van der Waals surface area contributed by atoms with Crippen molar-refractivity contribution in [2.75, 3.05) is 31.1 Å². The van der Waals surface area contributed by atoms with Crippen LogP contribution in [-0.4, -0.2) is 60.9 Å². The average molecular weight is 537 g/mol. The van der Waals surface area contributed by atoms with Crippen LogP contribution in [0.2, 0.25) is 0 Å². The Bertz CT molecular complexity index is 1060.